The van der Waals surface area contributed by atoms with E-state index in [1.807, 2.05) is 60.7 Å². The van der Waals surface area contributed by atoms with Gasteiger partial charge in [-0.05, 0) is 30.2 Å². The van der Waals surface area contributed by atoms with Crippen molar-refractivity contribution in [3.8, 4) is 11.5 Å². The molecule has 0 aliphatic rings. The molecule has 0 saturated carbocycles. The first-order chi connectivity index (χ1) is 21.4. The number of ketones is 2. The lowest BCUT2D eigenvalue weighted by Crippen LogP contribution is -2.28. The predicted molar refractivity (Wildman–Crippen MR) is 174 cm³/mol. The van der Waals surface area contributed by atoms with Gasteiger partial charge in [-0.1, -0.05) is 109 Å². The number of amides is 1. The summed E-state index contributed by atoms with van der Waals surface area (Å²) in [5, 5.41) is 2.43. The van der Waals surface area contributed by atoms with Gasteiger partial charge in [-0.25, -0.2) is 0 Å². The Bertz CT molecular complexity index is 1620. The minimum Gasteiger partial charge on any atom is -0.489 e. The van der Waals surface area contributed by atoms with Crippen LogP contribution in [-0.2, 0) is 13.2 Å². The van der Waals surface area contributed by atoms with E-state index in [-0.39, 0.29) is 36.1 Å². The van der Waals surface area contributed by atoms with E-state index in [9.17, 15) is 14.4 Å². The lowest BCUT2D eigenvalue weighted by molar-refractivity contribution is 0.0949. The molecule has 0 bridgehead atoms. The van der Waals surface area contributed by atoms with E-state index in [1.165, 1.54) is 0 Å². The molecule has 0 radical (unpaired) electrons. The predicted octanol–water partition coefficient (Wildman–Crippen LogP) is 7.31. The van der Waals surface area contributed by atoms with Gasteiger partial charge in [0.25, 0.3) is 5.91 Å². The number of carbonyl (C=O) groups is 3. The summed E-state index contributed by atoms with van der Waals surface area (Å²) in [6.45, 7) is 2.21. The smallest absolute Gasteiger partial charge is 0.252 e. The molecule has 6 nitrogen and oxygen atoms in total. The Kier molecular flexibility index (Phi) is 9.89. The van der Waals surface area contributed by atoms with E-state index in [0.717, 1.165) is 11.1 Å². The van der Waals surface area contributed by atoms with Crippen molar-refractivity contribution in [2.45, 2.75) is 25.5 Å². The molecule has 7 heteroatoms. The van der Waals surface area contributed by atoms with Crippen LogP contribution in [0.25, 0.3) is 0 Å². The fourth-order valence-corrected chi connectivity index (χ4v) is 4.61. The molecule has 5 aromatic carbocycles. The molecule has 1 unspecified atom stereocenters. The molecular formula is C37H31NO5S. The number of nitrogens with one attached hydrogen (secondary N) is 1. The van der Waals surface area contributed by atoms with Crippen molar-refractivity contribution in [1.29, 1.82) is 0 Å². The van der Waals surface area contributed by atoms with Gasteiger partial charge in [-0.3, -0.25) is 14.4 Å². The second-order valence-corrected chi connectivity index (χ2v) is 11.0. The van der Waals surface area contributed by atoms with Gasteiger partial charge in [-0.15, -0.1) is 0 Å². The molecule has 0 aliphatic heterocycles. The molecule has 0 heterocycles. The largest absolute Gasteiger partial charge is 0.489 e. The molecular weight excluding hydrogens is 570 g/mol. The van der Waals surface area contributed by atoms with Gasteiger partial charge >= 0.3 is 0 Å². The maximum atomic E-state index is 12.8. The van der Waals surface area contributed by atoms with E-state index in [0.29, 0.717) is 39.3 Å². The van der Waals surface area contributed by atoms with Crippen LogP contribution in [0.2, 0.25) is 0 Å². The number of hydrogen-bond donors (Lipinski definition) is 2. The highest BCUT2D eigenvalue weighted by Gasteiger charge is 2.14. The monoisotopic (exact) mass is 601 g/mol. The number of benzene rings is 5. The molecule has 0 spiro atoms. The zero-order chi connectivity index (χ0) is 30.9. The molecule has 220 valence electrons. The molecule has 0 saturated heterocycles. The van der Waals surface area contributed by atoms with E-state index in [2.05, 4.69) is 17.9 Å². The molecule has 1 amide bonds. The van der Waals surface area contributed by atoms with Crippen molar-refractivity contribution < 1.29 is 23.9 Å². The second kappa shape index (κ2) is 14.4. The van der Waals surface area contributed by atoms with Crippen LogP contribution in [0, 0.1) is 0 Å². The Balaban J connectivity index is 1.26. The van der Waals surface area contributed by atoms with Crippen molar-refractivity contribution in [3.05, 3.63) is 166 Å². The summed E-state index contributed by atoms with van der Waals surface area (Å²) in [7, 11) is 0. The molecule has 1 N–H and O–H groups in total. The van der Waals surface area contributed by atoms with Crippen LogP contribution < -0.4 is 14.8 Å². The summed E-state index contributed by atoms with van der Waals surface area (Å²) >= 11 is 4.27. The fraction of sp³-hybridized carbons (Fsp3) is 0.108. The Hall–Kier alpha value is -5.14. The number of hydrogen-bond acceptors (Lipinski definition) is 6. The summed E-state index contributed by atoms with van der Waals surface area (Å²) in [6.07, 6.45) is 0. The number of thiol groups is 1. The Morgan fingerprint density at radius 2 is 0.955 bits per heavy atom. The van der Waals surface area contributed by atoms with Crippen LogP contribution in [0.15, 0.2) is 127 Å². The highest BCUT2D eigenvalue weighted by molar-refractivity contribution is 7.80. The lowest BCUT2D eigenvalue weighted by atomic mass is 10.0. The molecule has 5 aromatic rings. The number of ether oxygens (including phenoxy) is 2. The van der Waals surface area contributed by atoms with Gasteiger partial charge < -0.3 is 14.8 Å². The van der Waals surface area contributed by atoms with Crippen molar-refractivity contribution in [3.63, 3.8) is 0 Å². The Labute approximate surface area is 262 Å². The van der Waals surface area contributed by atoms with Crippen LogP contribution in [0.4, 0.5) is 0 Å². The molecule has 0 fully saturated rings. The Morgan fingerprint density at radius 1 is 0.568 bits per heavy atom. The van der Waals surface area contributed by atoms with Crippen molar-refractivity contribution in [2.75, 3.05) is 0 Å². The highest BCUT2D eigenvalue weighted by atomic mass is 32.1. The second-order valence-electron chi connectivity index (χ2n) is 10.2. The van der Waals surface area contributed by atoms with Gasteiger partial charge in [-0.2, -0.15) is 12.6 Å². The maximum absolute atomic E-state index is 12.8. The normalized spacial score (nSPS) is 11.3. The first-order valence-corrected chi connectivity index (χ1v) is 14.6. The van der Waals surface area contributed by atoms with E-state index in [1.54, 1.807) is 73.7 Å². The van der Waals surface area contributed by atoms with E-state index < -0.39 is 0 Å². The van der Waals surface area contributed by atoms with Crippen LogP contribution >= 0.6 is 12.6 Å². The summed E-state index contributed by atoms with van der Waals surface area (Å²) < 4.78 is 12.1. The zero-order valence-corrected chi connectivity index (χ0v) is 25.0. The quantitative estimate of drug-likeness (QED) is 0.0890. The third kappa shape index (κ3) is 8.02. The topological polar surface area (TPSA) is 81.7 Å². The minimum atomic E-state index is -0.342. The average Bonchev–Trinajstić information content (AvgIpc) is 3.06. The van der Waals surface area contributed by atoms with Gasteiger partial charge in [0.2, 0.25) is 0 Å². The van der Waals surface area contributed by atoms with Gasteiger partial charge in [0.15, 0.2) is 11.6 Å². The van der Waals surface area contributed by atoms with Crippen LogP contribution in [-0.4, -0.2) is 22.8 Å². The lowest BCUT2D eigenvalue weighted by Gasteiger charge is -2.14. The van der Waals surface area contributed by atoms with Crippen molar-refractivity contribution >= 4 is 30.1 Å². The van der Waals surface area contributed by atoms with Crippen molar-refractivity contribution in [1.82, 2.24) is 5.32 Å². The summed E-state index contributed by atoms with van der Waals surface area (Å²) in [4.78, 5) is 38.2. The number of rotatable bonds is 12. The molecule has 5 rings (SSSR count). The van der Waals surface area contributed by atoms with Crippen LogP contribution in [0.1, 0.15) is 60.3 Å². The van der Waals surface area contributed by atoms with Crippen LogP contribution in [0.5, 0.6) is 11.5 Å². The Morgan fingerprint density at radius 3 is 1.34 bits per heavy atom. The average molecular weight is 602 g/mol. The van der Waals surface area contributed by atoms with E-state index in [4.69, 9.17) is 9.47 Å². The van der Waals surface area contributed by atoms with Gasteiger partial charge in [0.1, 0.15) is 24.7 Å². The summed E-state index contributed by atoms with van der Waals surface area (Å²) in [5.74, 6) is 0.500. The third-order valence-electron chi connectivity index (χ3n) is 6.80. The third-order valence-corrected chi connectivity index (χ3v) is 6.93. The SMILES string of the molecule is CC(S)NC(=O)c1cc(OCc2ccc(C(=O)c3ccccc3)cc2)cc(OCc2ccc(C(=O)c3ccccc3)cc2)c1. The van der Waals surface area contributed by atoms with Gasteiger partial charge in [0, 0.05) is 33.9 Å². The summed E-state index contributed by atoms with van der Waals surface area (Å²) in [5.41, 5.74) is 4.53. The number of carbonyl (C=O) groups excluding carboxylic acids is 3. The van der Waals surface area contributed by atoms with Gasteiger partial charge in [0.05, 0.1) is 5.37 Å². The molecule has 1 atom stereocenters. The highest BCUT2D eigenvalue weighted by Crippen LogP contribution is 2.26. The minimum absolute atomic E-state index is 0.0468. The standard InChI is InChI=1S/C37H31NO5S/c1-25(44)38-37(41)32-20-33(42-23-26-12-16-30(17-13-26)35(39)28-8-4-2-5-9-28)22-34(21-32)43-24-27-14-18-31(19-15-27)36(40)29-10-6-3-7-11-29/h2-22,25,44H,23-24H2,1H3,(H,38,41). The summed E-state index contributed by atoms with van der Waals surface area (Å²) in [6, 6.07) is 37.8. The van der Waals surface area contributed by atoms with E-state index >= 15 is 0 Å². The zero-order valence-electron chi connectivity index (χ0n) is 24.1. The van der Waals surface area contributed by atoms with Crippen molar-refractivity contribution in [2.24, 2.45) is 0 Å². The van der Waals surface area contributed by atoms with Crippen LogP contribution in [0.3, 0.4) is 0 Å². The first-order valence-electron chi connectivity index (χ1n) is 14.1. The first kappa shape index (κ1) is 30.3. The molecule has 0 aromatic heterocycles. The maximum Gasteiger partial charge on any atom is 0.252 e. The molecule has 0 aliphatic carbocycles. The fourth-order valence-electron chi connectivity index (χ4n) is 4.49. The molecule has 44 heavy (non-hydrogen) atoms.